The second-order valence-corrected chi connectivity index (χ2v) is 11.5. The Labute approximate surface area is 255 Å². The molecule has 0 radical (unpaired) electrons. The van der Waals surface area contributed by atoms with Crippen LogP contribution in [0.25, 0.3) is 21.9 Å². The fourth-order valence-electron chi connectivity index (χ4n) is 4.56. The number of carbonyl (C=O) groups is 2. The minimum absolute atomic E-state index is 0.124. The molecule has 240 valence electrons. The van der Waals surface area contributed by atoms with E-state index >= 15 is 0 Å². The predicted octanol–water partition coefficient (Wildman–Crippen LogP) is 5.21. The Morgan fingerprint density at radius 2 is 1.77 bits per heavy atom. The number of hydrogen-bond donors (Lipinski definition) is 5. The van der Waals surface area contributed by atoms with Crippen molar-refractivity contribution in [1.82, 2.24) is 30.5 Å². The van der Waals surface area contributed by atoms with Gasteiger partial charge in [0.1, 0.15) is 23.7 Å². The number of unbranched alkanes of at least 4 members (excludes halogenated alkanes) is 3. The van der Waals surface area contributed by atoms with Crippen molar-refractivity contribution >= 4 is 39.8 Å². The Hall–Kier alpha value is -3.80. The molecule has 0 bridgehead atoms. The van der Waals surface area contributed by atoms with E-state index in [2.05, 4.69) is 34.8 Å². The highest BCUT2D eigenvalue weighted by Gasteiger charge is 2.25. The molecule has 4 amide bonds. The molecule has 0 aliphatic heterocycles. The van der Waals surface area contributed by atoms with Gasteiger partial charge >= 0.3 is 12.1 Å². The molecule has 0 fully saturated rings. The van der Waals surface area contributed by atoms with Crippen molar-refractivity contribution in [2.75, 3.05) is 25.5 Å². The Bertz CT molecular complexity index is 1320. The standard InChI is InChI=1S/C28H44N8O4.C3H8/c1-6-39-16-22-34-23-24(36(22)17-28(4,5)35-26(30)37)20-12-11-19(15-21(20)33-25(23)29)40-14-10-8-7-9-13-31-27(38)32-18(2)3;1-3-2/h11-12,15,18H,6-10,13-14,16-17H2,1-5H3,(H2,29,33)(H3,30,35,37)(H2,31,32,38);3H2,1-2H3. The third-order valence-electron chi connectivity index (χ3n) is 6.25. The van der Waals surface area contributed by atoms with Gasteiger partial charge in [0.2, 0.25) is 0 Å². The van der Waals surface area contributed by atoms with Crippen LogP contribution >= 0.6 is 0 Å². The van der Waals surface area contributed by atoms with Gasteiger partial charge in [-0.2, -0.15) is 0 Å². The summed E-state index contributed by atoms with van der Waals surface area (Å²) in [7, 11) is 0. The van der Waals surface area contributed by atoms with E-state index < -0.39 is 11.6 Å². The van der Waals surface area contributed by atoms with Crippen LogP contribution in [0.3, 0.4) is 0 Å². The van der Waals surface area contributed by atoms with Crippen molar-refractivity contribution in [2.45, 2.75) is 105 Å². The van der Waals surface area contributed by atoms with Crippen LogP contribution in [-0.4, -0.2) is 57.9 Å². The zero-order chi connectivity index (χ0) is 32.0. The molecule has 7 N–H and O–H groups in total. The van der Waals surface area contributed by atoms with Gasteiger partial charge in [0.05, 0.1) is 23.2 Å². The summed E-state index contributed by atoms with van der Waals surface area (Å²) >= 11 is 0. The normalized spacial score (nSPS) is 11.3. The largest absolute Gasteiger partial charge is 0.494 e. The van der Waals surface area contributed by atoms with Crippen LogP contribution in [0.15, 0.2) is 18.2 Å². The number of anilines is 1. The molecule has 0 unspecified atom stereocenters. The monoisotopic (exact) mass is 600 g/mol. The third-order valence-corrected chi connectivity index (χ3v) is 6.25. The molecule has 0 aliphatic carbocycles. The number of nitrogens with zero attached hydrogens (tertiary/aromatic N) is 3. The van der Waals surface area contributed by atoms with Crippen LogP contribution in [0, 0.1) is 0 Å². The van der Waals surface area contributed by atoms with Gasteiger partial charge in [-0.3, -0.25) is 0 Å². The summed E-state index contributed by atoms with van der Waals surface area (Å²) in [5, 5.41) is 9.34. The molecule has 0 saturated carbocycles. The van der Waals surface area contributed by atoms with Crippen LogP contribution in [-0.2, 0) is 17.9 Å². The van der Waals surface area contributed by atoms with E-state index in [-0.39, 0.29) is 12.1 Å². The van der Waals surface area contributed by atoms with Crippen molar-refractivity contribution in [3.8, 4) is 5.75 Å². The first-order valence-corrected chi connectivity index (χ1v) is 15.3. The lowest BCUT2D eigenvalue weighted by atomic mass is 10.1. The average molecular weight is 601 g/mol. The van der Waals surface area contributed by atoms with Crippen LogP contribution in [0.5, 0.6) is 5.75 Å². The highest BCUT2D eigenvalue weighted by Crippen LogP contribution is 2.32. The van der Waals surface area contributed by atoms with Crippen molar-refractivity contribution in [3.05, 3.63) is 24.0 Å². The zero-order valence-electron chi connectivity index (χ0n) is 27.0. The van der Waals surface area contributed by atoms with Gasteiger partial charge < -0.3 is 41.5 Å². The van der Waals surface area contributed by atoms with Crippen LogP contribution in [0.2, 0.25) is 0 Å². The van der Waals surface area contributed by atoms with Gasteiger partial charge in [0.25, 0.3) is 0 Å². The molecule has 3 rings (SSSR count). The Kier molecular flexibility index (Phi) is 14.3. The number of benzene rings is 1. The summed E-state index contributed by atoms with van der Waals surface area (Å²) in [6.07, 6.45) is 5.09. The van der Waals surface area contributed by atoms with E-state index in [1.165, 1.54) is 6.42 Å². The van der Waals surface area contributed by atoms with Crippen LogP contribution in [0.1, 0.15) is 86.4 Å². The van der Waals surface area contributed by atoms with Crippen LogP contribution in [0.4, 0.5) is 15.4 Å². The topological polar surface area (TPSA) is 171 Å². The first kappa shape index (κ1) is 35.4. The minimum Gasteiger partial charge on any atom is -0.494 e. The van der Waals surface area contributed by atoms with Crippen molar-refractivity contribution in [2.24, 2.45) is 5.73 Å². The first-order valence-electron chi connectivity index (χ1n) is 15.3. The average Bonchev–Trinajstić information content (AvgIpc) is 3.26. The molecule has 12 heteroatoms. The number of amides is 4. The Balaban J connectivity index is 0.00000206. The lowest BCUT2D eigenvalue weighted by molar-refractivity contribution is 0.125. The zero-order valence-corrected chi connectivity index (χ0v) is 27.0. The molecule has 0 atom stereocenters. The number of pyridine rings is 1. The van der Waals surface area contributed by atoms with Gasteiger partial charge in [-0.1, -0.05) is 33.1 Å². The predicted molar refractivity (Wildman–Crippen MR) is 173 cm³/mol. The highest BCUT2D eigenvalue weighted by atomic mass is 16.5. The summed E-state index contributed by atoms with van der Waals surface area (Å²) in [6, 6.07) is 5.17. The van der Waals surface area contributed by atoms with E-state index in [0.29, 0.717) is 61.3 Å². The maximum absolute atomic E-state index is 11.6. The van der Waals surface area contributed by atoms with E-state index in [1.54, 1.807) is 0 Å². The van der Waals surface area contributed by atoms with E-state index in [1.807, 2.05) is 57.4 Å². The molecule has 12 nitrogen and oxygen atoms in total. The SMILES string of the molecule is CCC.CCOCc1nc2c(N)nc3cc(OCCCCCCNC(=O)NC(C)C)ccc3c2n1CC(C)(C)NC(N)=O. The number of nitrogens with one attached hydrogen (secondary N) is 3. The smallest absolute Gasteiger partial charge is 0.314 e. The number of imidazole rings is 1. The number of primary amides is 1. The fourth-order valence-corrected chi connectivity index (χ4v) is 4.56. The molecule has 3 aromatic rings. The number of fused-ring (bicyclic) bond motifs is 3. The summed E-state index contributed by atoms with van der Waals surface area (Å²) in [5.41, 5.74) is 13.2. The molecule has 2 aromatic heterocycles. The lowest BCUT2D eigenvalue weighted by Crippen LogP contribution is -2.49. The Morgan fingerprint density at radius 3 is 2.42 bits per heavy atom. The van der Waals surface area contributed by atoms with E-state index in [4.69, 9.17) is 25.9 Å². The quantitative estimate of drug-likeness (QED) is 0.149. The number of hydrogen-bond acceptors (Lipinski definition) is 7. The number of nitrogen functional groups attached to an aromatic ring is 1. The minimum atomic E-state index is -0.648. The van der Waals surface area contributed by atoms with Crippen LogP contribution < -0.4 is 32.2 Å². The van der Waals surface area contributed by atoms with Gasteiger partial charge in [0, 0.05) is 37.2 Å². The number of rotatable bonds is 15. The number of aromatic nitrogens is 3. The molecular weight excluding hydrogens is 548 g/mol. The second-order valence-electron chi connectivity index (χ2n) is 11.5. The van der Waals surface area contributed by atoms with E-state index in [0.717, 1.165) is 36.6 Å². The summed E-state index contributed by atoms with van der Waals surface area (Å²) < 4.78 is 13.7. The molecule has 1 aromatic carbocycles. The number of urea groups is 2. The Morgan fingerprint density at radius 1 is 1.07 bits per heavy atom. The van der Waals surface area contributed by atoms with Gasteiger partial charge in [-0.05, 0) is 59.6 Å². The maximum atomic E-state index is 11.6. The van der Waals surface area contributed by atoms with Crippen molar-refractivity contribution in [3.63, 3.8) is 0 Å². The molecular formula is C31H52N8O4. The van der Waals surface area contributed by atoms with Gasteiger partial charge in [0.15, 0.2) is 5.82 Å². The second kappa shape index (κ2) is 17.3. The van der Waals surface area contributed by atoms with Gasteiger partial charge in [-0.15, -0.1) is 0 Å². The number of carbonyl (C=O) groups excluding carboxylic acids is 2. The van der Waals surface area contributed by atoms with Crippen molar-refractivity contribution in [1.29, 1.82) is 0 Å². The fraction of sp³-hybridized carbons (Fsp3) is 0.613. The molecule has 0 aliphatic rings. The summed E-state index contributed by atoms with van der Waals surface area (Å²) in [5.74, 6) is 1.71. The molecule has 0 spiro atoms. The molecule has 0 saturated heterocycles. The van der Waals surface area contributed by atoms with Crippen molar-refractivity contribution < 1.29 is 19.1 Å². The number of ether oxygens (including phenoxy) is 2. The lowest BCUT2D eigenvalue weighted by Gasteiger charge is -2.27. The molecule has 2 heterocycles. The maximum Gasteiger partial charge on any atom is 0.314 e. The third kappa shape index (κ3) is 11.4. The summed E-state index contributed by atoms with van der Waals surface area (Å²) in [4.78, 5) is 32.6. The van der Waals surface area contributed by atoms with E-state index in [9.17, 15) is 9.59 Å². The molecule has 43 heavy (non-hydrogen) atoms. The highest BCUT2D eigenvalue weighted by molar-refractivity contribution is 6.07. The summed E-state index contributed by atoms with van der Waals surface area (Å²) in [6.45, 7) is 16.3. The van der Waals surface area contributed by atoms with Gasteiger partial charge in [-0.25, -0.2) is 19.6 Å². The number of nitrogens with two attached hydrogens (primary N) is 2. The first-order chi connectivity index (χ1) is 20.4.